The summed E-state index contributed by atoms with van der Waals surface area (Å²) >= 11 is 0. The van der Waals surface area contributed by atoms with Gasteiger partial charge >= 0.3 is 0 Å². The molecule has 1 N–H and O–H groups in total. The fraction of sp³-hybridized carbons (Fsp3) is 0.143. The number of nitrogens with zero attached hydrogens (tertiary/aromatic N) is 1. The first-order valence-corrected chi connectivity index (χ1v) is 8.09. The molecule has 0 saturated heterocycles. The third-order valence-electron chi connectivity index (χ3n) is 4.04. The zero-order valence-corrected chi connectivity index (χ0v) is 14.3. The van der Waals surface area contributed by atoms with Gasteiger partial charge in [0.1, 0.15) is 5.75 Å². The van der Waals surface area contributed by atoms with Crippen LogP contribution >= 0.6 is 0 Å². The number of carbonyl (C=O) groups is 1. The van der Waals surface area contributed by atoms with Crippen LogP contribution in [0.15, 0.2) is 73.1 Å². The van der Waals surface area contributed by atoms with E-state index in [1.165, 1.54) is 5.56 Å². The molecule has 4 nitrogen and oxygen atoms in total. The maximum absolute atomic E-state index is 12.7. The summed E-state index contributed by atoms with van der Waals surface area (Å²) in [6, 6.07) is 18.8. The number of nitrogens with one attached hydrogen (secondary N) is 1. The Labute approximate surface area is 147 Å². The van der Waals surface area contributed by atoms with Crippen LogP contribution in [0.4, 0.5) is 0 Å². The largest absolute Gasteiger partial charge is 0.497 e. The standard InChI is InChI=1S/C21H20N2O2/c1-15-8-10-16(11-9-15)20(18-6-4-12-22-14-18)23-21(24)17-5-3-7-19(13-17)25-2/h3-14,20H,1-2H3,(H,23,24)/t20-/m0/s1. The van der Waals surface area contributed by atoms with Crippen molar-refractivity contribution in [2.75, 3.05) is 7.11 Å². The lowest BCUT2D eigenvalue weighted by Crippen LogP contribution is -2.29. The number of pyridine rings is 1. The van der Waals surface area contributed by atoms with Crippen molar-refractivity contribution in [3.8, 4) is 5.75 Å². The molecule has 0 aliphatic heterocycles. The minimum atomic E-state index is -0.270. The molecule has 0 unspecified atom stereocenters. The van der Waals surface area contributed by atoms with Crippen LogP contribution in [0.2, 0.25) is 0 Å². The molecule has 3 rings (SSSR count). The molecule has 3 aromatic rings. The monoisotopic (exact) mass is 332 g/mol. The molecule has 4 heteroatoms. The van der Waals surface area contributed by atoms with E-state index in [0.29, 0.717) is 11.3 Å². The first-order valence-electron chi connectivity index (χ1n) is 8.09. The average Bonchev–Trinajstić information content (AvgIpc) is 2.67. The van der Waals surface area contributed by atoms with Gasteiger partial charge in [-0.15, -0.1) is 0 Å². The molecule has 0 radical (unpaired) electrons. The van der Waals surface area contributed by atoms with Gasteiger partial charge in [0.05, 0.1) is 13.2 Å². The molecule has 0 bridgehead atoms. The molecule has 0 aliphatic carbocycles. The van der Waals surface area contributed by atoms with Gasteiger partial charge in [0.2, 0.25) is 0 Å². The van der Waals surface area contributed by atoms with Gasteiger partial charge in [-0.1, -0.05) is 42.0 Å². The summed E-state index contributed by atoms with van der Waals surface area (Å²) in [5.41, 5.74) is 3.67. The summed E-state index contributed by atoms with van der Waals surface area (Å²) in [6.07, 6.45) is 3.50. The van der Waals surface area contributed by atoms with E-state index < -0.39 is 0 Å². The summed E-state index contributed by atoms with van der Waals surface area (Å²) in [7, 11) is 1.59. The van der Waals surface area contributed by atoms with Crippen molar-refractivity contribution in [3.63, 3.8) is 0 Å². The van der Waals surface area contributed by atoms with Gasteiger partial charge < -0.3 is 10.1 Å². The van der Waals surface area contributed by atoms with Gasteiger partial charge in [0, 0.05) is 18.0 Å². The maximum atomic E-state index is 12.7. The number of amides is 1. The van der Waals surface area contributed by atoms with Crippen molar-refractivity contribution < 1.29 is 9.53 Å². The Hall–Kier alpha value is -3.14. The van der Waals surface area contributed by atoms with Crippen LogP contribution in [0.5, 0.6) is 5.75 Å². The highest BCUT2D eigenvalue weighted by molar-refractivity contribution is 5.95. The summed E-state index contributed by atoms with van der Waals surface area (Å²) in [5, 5.41) is 3.10. The zero-order valence-electron chi connectivity index (χ0n) is 14.3. The van der Waals surface area contributed by atoms with E-state index in [4.69, 9.17) is 4.74 Å². The van der Waals surface area contributed by atoms with Gasteiger partial charge in [0.25, 0.3) is 5.91 Å². The number of ether oxygens (including phenoxy) is 1. The normalized spacial score (nSPS) is 11.6. The van der Waals surface area contributed by atoms with Gasteiger partial charge in [-0.2, -0.15) is 0 Å². The van der Waals surface area contributed by atoms with Crippen LogP contribution in [0.25, 0.3) is 0 Å². The van der Waals surface area contributed by atoms with Gasteiger partial charge in [-0.25, -0.2) is 0 Å². The Morgan fingerprint density at radius 1 is 1.04 bits per heavy atom. The number of aryl methyl sites for hydroxylation is 1. The molecule has 0 aliphatic rings. The predicted molar refractivity (Wildman–Crippen MR) is 97.7 cm³/mol. The SMILES string of the molecule is COc1cccc(C(=O)N[C@@H](c2ccc(C)cc2)c2cccnc2)c1. The second kappa shape index (κ2) is 7.62. The van der Waals surface area contributed by atoms with Crippen molar-refractivity contribution in [1.82, 2.24) is 10.3 Å². The third kappa shape index (κ3) is 4.04. The number of carbonyl (C=O) groups excluding carboxylic acids is 1. The van der Waals surface area contributed by atoms with Crippen LogP contribution in [0.3, 0.4) is 0 Å². The Morgan fingerprint density at radius 3 is 2.52 bits per heavy atom. The molecule has 0 fully saturated rings. The zero-order chi connectivity index (χ0) is 17.6. The fourth-order valence-corrected chi connectivity index (χ4v) is 2.64. The highest BCUT2D eigenvalue weighted by Crippen LogP contribution is 2.23. The molecular weight excluding hydrogens is 312 g/mol. The van der Waals surface area contributed by atoms with E-state index in [2.05, 4.69) is 10.3 Å². The van der Waals surface area contributed by atoms with Crippen LogP contribution in [0, 0.1) is 6.92 Å². The lowest BCUT2D eigenvalue weighted by atomic mass is 9.98. The lowest BCUT2D eigenvalue weighted by molar-refractivity contribution is 0.0942. The number of hydrogen-bond acceptors (Lipinski definition) is 3. The van der Waals surface area contributed by atoms with Crippen LogP contribution in [-0.4, -0.2) is 18.0 Å². The Balaban J connectivity index is 1.92. The Bertz CT molecular complexity index is 845. The van der Waals surface area contributed by atoms with Crippen molar-refractivity contribution in [1.29, 1.82) is 0 Å². The molecule has 1 heterocycles. The van der Waals surface area contributed by atoms with E-state index in [1.807, 2.05) is 49.4 Å². The predicted octanol–water partition coefficient (Wildman–Crippen LogP) is 3.92. The maximum Gasteiger partial charge on any atom is 0.252 e. The third-order valence-corrected chi connectivity index (χ3v) is 4.04. The van der Waals surface area contributed by atoms with Crippen molar-refractivity contribution in [3.05, 3.63) is 95.3 Å². The molecule has 126 valence electrons. The van der Waals surface area contributed by atoms with E-state index >= 15 is 0 Å². The smallest absolute Gasteiger partial charge is 0.252 e. The number of rotatable bonds is 5. The first kappa shape index (κ1) is 16.7. The molecule has 2 aromatic carbocycles. The van der Waals surface area contributed by atoms with Crippen LogP contribution < -0.4 is 10.1 Å². The highest BCUT2D eigenvalue weighted by atomic mass is 16.5. The minimum Gasteiger partial charge on any atom is -0.497 e. The lowest BCUT2D eigenvalue weighted by Gasteiger charge is -2.20. The van der Waals surface area contributed by atoms with Gasteiger partial charge in [-0.3, -0.25) is 9.78 Å². The highest BCUT2D eigenvalue weighted by Gasteiger charge is 2.18. The van der Waals surface area contributed by atoms with E-state index in [9.17, 15) is 4.79 Å². The molecular formula is C21H20N2O2. The molecule has 1 amide bonds. The molecule has 25 heavy (non-hydrogen) atoms. The van der Waals surface area contributed by atoms with Gasteiger partial charge in [0.15, 0.2) is 0 Å². The summed E-state index contributed by atoms with van der Waals surface area (Å²) in [6.45, 7) is 2.04. The van der Waals surface area contributed by atoms with Crippen molar-refractivity contribution in [2.45, 2.75) is 13.0 Å². The molecule has 0 saturated carbocycles. The number of hydrogen-bond donors (Lipinski definition) is 1. The van der Waals surface area contributed by atoms with E-state index in [0.717, 1.165) is 11.1 Å². The van der Waals surface area contributed by atoms with E-state index in [1.54, 1.807) is 37.7 Å². The summed E-state index contributed by atoms with van der Waals surface area (Å²) in [5.74, 6) is 0.495. The first-order chi connectivity index (χ1) is 12.2. The molecule has 0 spiro atoms. The quantitative estimate of drug-likeness (QED) is 0.770. The number of methoxy groups -OCH3 is 1. The number of aromatic nitrogens is 1. The molecule has 1 atom stereocenters. The number of benzene rings is 2. The fourth-order valence-electron chi connectivity index (χ4n) is 2.64. The second-order valence-corrected chi connectivity index (χ2v) is 5.84. The van der Waals surface area contributed by atoms with Crippen molar-refractivity contribution >= 4 is 5.91 Å². The van der Waals surface area contributed by atoms with E-state index in [-0.39, 0.29) is 11.9 Å². The molecule has 1 aromatic heterocycles. The van der Waals surface area contributed by atoms with Crippen LogP contribution in [0.1, 0.15) is 33.1 Å². The topological polar surface area (TPSA) is 51.2 Å². The van der Waals surface area contributed by atoms with Crippen molar-refractivity contribution in [2.24, 2.45) is 0 Å². The summed E-state index contributed by atoms with van der Waals surface area (Å²) in [4.78, 5) is 16.9. The van der Waals surface area contributed by atoms with Crippen LogP contribution in [-0.2, 0) is 0 Å². The average molecular weight is 332 g/mol. The summed E-state index contributed by atoms with van der Waals surface area (Å²) < 4.78 is 5.20. The second-order valence-electron chi connectivity index (χ2n) is 5.84. The van der Waals surface area contributed by atoms with Gasteiger partial charge in [-0.05, 0) is 42.3 Å². The Kier molecular flexibility index (Phi) is 5.09. The Morgan fingerprint density at radius 2 is 1.84 bits per heavy atom. The minimum absolute atomic E-state index is 0.159.